The van der Waals surface area contributed by atoms with Crippen molar-refractivity contribution < 1.29 is 28.3 Å². The number of fused-ring (bicyclic) bond motifs is 1. The van der Waals surface area contributed by atoms with E-state index in [9.17, 15) is 23.9 Å². The molecule has 1 saturated carbocycles. The molecule has 1 amide bonds. The maximum absolute atomic E-state index is 13.7. The number of carbonyl (C=O) groups is 3. The number of carbonyl (C=O) groups excluding carboxylic acids is 2. The molecule has 42 heavy (non-hydrogen) atoms. The Bertz CT molecular complexity index is 1640. The molecule has 0 saturated heterocycles. The highest BCUT2D eigenvalue weighted by molar-refractivity contribution is 6.13. The number of hydrogen-bond donors (Lipinski definition) is 2. The van der Waals surface area contributed by atoms with Gasteiger partial charge in [-0.1, -0.05) is 25.5 Å². The second kappa shape index (κ2) is 12.2. The average molecular weight is 571 g/mol. The molecule has 5 rings (SSSR count). The van der Waals surface area contributed by atoms with Crippen LogP contribution in [0.25, 0.3) is 33.4 Å². The Morgan fingerprint density at radius 2 is 1.71 bits per heavy atom. The molecule has 0 bridgehead atoms. The molecule has 1 aliphatic carbocycles. The lowest BCUT2D eigenvalue weighted by atomic mass is 9.95. The van der Waals surface area contributed by atoms with Gasteiger partial charge in [0, 0.05) is 59.4 Å². The molecular weight excluding hydrogens is 535 g/mol. The number of amides is 1. The molecule has 0 spiro atoms. The minimum absolute atomic E-state index is 0.0905. The van der Waals surface area contributed by atoms with Gasteiger partial charge in [-0.25, -0.2) is 4.39 Å². The van der Waals surface area contributed by atoms with Gasteiger partial charge in [0.15, 0.2) is 5.78 Å². The number of rotatable bonds is 10. The standard InChI is InChI=1S/C34H35FN2O5/c1-4-29(38)31-26-18-25(21-9-7-10-22(17-21)33(39)36-27-12-8-11-24(27)34(40)41)28(37(5-2)6-3)19-30(26)42-32(31)20-13-15-23(35)16-14-20/h7,9-10,13-19,24,27H,4-6,8,11-12H2,1-3H3,(H,36,39)(H,40,41)/t24-,27+/m1/s1. The Labute approximate surface area is 244 Å². The summed E-state index contributed by atoms with van der Waals surface area (Å²) in [6, 6.07) is 16.6. The number of carboxylic acids is 1. The van der Waals surface area contributed by atoms with Gasteiger partial charge in [0.25, 0.3) is 5.91 Å². The fourth-order valence-electron chi connectivity index (χ4n) is 5.96. The maximum atomic E-state index is 13.7. The third-order valence-corrected chi connectivity index (χ3v) is 8.20. The molecule has 2 atom stereocenters. The second-order valence-electron chi connectivity index (χ2n) is 10.7. The smallest absolute Gasteiger partial charge is 0.308 e. The van der Waals surface area contributed by atoms with Gasteiger partial charge in [0.1, 0.15) is 17.2 Å². The maximum Gasteiger partial charge on any atom is 0.308 e. The van der Waals surface area contributed by atoms with E-state index in [4.69, 9.17) is 4.42 Å². The second-order valence-corrected chi connectivity index (χ2v) is 10.7. The van der Waals surface area contributed by atoms with Crippen LogP contribution in [-0.4, -0.2) is 41.9 Å². The molecule has 1 aliphatic rings. The number of hydrogen-bond acceptors (Lipinski definition) is 5. The van der Waals surface area contributed by atoms with E-state index in [1.165, 1.54) is 12.1 Å². The number of Topliss-reactive ketones (excluding diaryl/α,β-unsaturated/α-hetero) is 1. The van der Waals surface area contributed by atoms with Gasteiger partial charge in [0.05, 0.1) is 11.5 Å². The Morgan fingerprint density at radius 1 is 0.976 bits per heavy atom. The van der Waals surface area contributed by atoms with Crippen molar-refractivity contribution in [3.8, 4) is 22.5 Å². The van der Waals surface area contributed by atoms with Gasteiger partial charge in [-0.05, 0) is 74.7 Å². The first kappa shape index (κ1) is 29.0. The monoisotopic (exact) mass is 570 g/mol. The van der Waals surface area contributed by atoms with Crippen molar-refractivity contribution >= 4 is 34.3 Å². The highest BCUT2D eigenvalue weighted by Crippen LogP contribution is 2.41. The fraction of sp³-hybridized carbons (Fsp3) is 0.324. The van der Waals surface area contributed by atoms with Crippen molar-refractivity contribution in [1.82, 2.24) is 5.32 Å². The van der Waals surface area contributed by atoms with Crippen molar-refractivity contribution in [1.29, 1.82) is 0 Å². The summed E-state index contributed by atoms with van der Waals surface area (Å²) in [7, 11) is 0. The highest BCUT2D eigenvalue weighted by atomic mass is 19.1. The summed E-state index contributed by atoms with van der Waals surface area (Å²) in [5.74, 6) is -1.85. The number of anilines is 1. The molecule has 3 aromatic carbocycles. The molecule has 8 heteroatoms. The van der Waals surface area contributed by atoms with E-state index in [-0.39, 0.29) is 23.9 Å². The molecule has 1 fully saturated rings. The molecule has 0 aliphatic heterocycles. The van der Waals surface area contributed by atoms with Crippen molar-refractivity contribution in [3.63, 3.8) is 0 Å². The summed E-state index contributed by atoms with van der Waals surface area (Å²) in [4.78, 5) is 40.3. The average Bonchev–Trinajstić information content (AvgIpc) is 3.62. The lowest BCUT2D eigenvalue weighted by Crippen LogP contribution is -2.40. The van der Waals surface area contributed by atoms with Crippen molar-refractivity contribution in [2.24, 2.45) is 5.92 Å². The number of furan rings is 1. The Balaban J connectivity index is 1.64. The minimum Gasteiger partial charge on any atom is -0.481 e. The van der Waals surface area contributed by atoms with Crippen molar-refractivity contribution in [2.75, 3.05) is 18.0 Å². The van der Waals surface area contributed by atoms with Gasteiger partial charge < -0.3 is 19.7 Å². The first-order chi connectivity index (χ1) is 20.2. The third kappa shape index (κ3) is 5.53. The Morgan fingerprint density at radius 3 is 2.38 bits per heavy atom. The van der Waals surface area contributed by atoms with Crippen LogP contribution in [0.2, 0.25) is 0 Å². The van der Waals surface area contributed by atoms with Gasteiger partial charge in [0.2, 0.25) is 0 Å². The van der Waals surface area contributed by atoms with Crippen LogP contribution < -0.4 is 10.2 Å². The summed E-state index contributed by atoms with van der Waals surface area (Å²) in [6.45, 7) is 7.35. The van der Waals surface area contributed by atoms with Gasteiger partial charge in [-0.2, -0.15) is 0 Å². The topological polar surface area (TPSA) is 99.9 Å². The summed E-state index contributed by atoms with van der Waals surface area (Å²) in [5.41, 5.74) is 4.54. The van der Waals surface area contributed by atoms with E-state index in [0.717, 1.165) is 36.3 Å². The third-order valence-electron chi connectivity index (χ3n) is 8.20. The zero-order valence-electron chi connectivity index (χ0n) is 24.1. The lowest BCUT2D eigenvalue weighted by Gasteiger charge is -2.24. The van der Waals surface area contributed by atoms with Crippen molar-refractivity contribution in [2.45, 2.75) is 52.5 Å². The number of nitrogens with one attached hydrogen (secondary N) is 1. The van der Waals surface area contributed by atoms with Crippen LogP contribution in [0.4, 0.5) is 10.1 Å². The van der Waals surface area contributed by atoms with E-state index in [1.54, 1.807) is 37.3 Å². The van der Waals surface area contributed by atoms with Crippen LogP contribution in [0, 0.1) is 11.7 Å². The van der Waals surface area contributed by atoms with E-state index in [2.05, 4.69) is 24.1 Å². The number of ketones is 1. The first-order valence-electron chi connectivity index (χ1n) is 14.5. The number of carboxylic acid groups (broad SMARTS) is 1. The lowest BCUT2D eigenvalue weighted by molar-refractivity contribution is -0.142. The first-order valence-corrected chi connectivity index (χ1v) is 14.5. The van der Waals surface area contributed by atoms with Gasteiger partial charge >= 0.3 is 5.97 Å². The number of benzene rings is 3. The Kier molecular flexibility index (Phi) is 8.43. The molecule has 0 radical (unpaired) electrons. The van der Waals surface area contributed by atoms with Crippen LogP contribution in [0.5, 0.6) is 0 Å². The predicted octanol–water partition coefficient (Wildman–Crippen LogP) is 7.33. The molecular formula is C34H35FN2O5. The van der Waals surface area contributed by atoms with Gasteiger partial charge in [-0.3, -0.25) is 14.4 Å². The normalized spacial score (nSPS) is 16.5. The van der Waals surface area contributed by atoms with Crippen LogP contribution in [-0.2, 0) is 4.79 Å². The highest BCUT2D eigenvalue weighted by Gasteiger charge is 2.34. The quantitative estimate of drug-likeness (QED) is 0.194. The van der Waals surface area contributed by atoms with E-state index < -0.39 is 17.9 Å². The zero-order chi connectivity index (χ0) is 30.0. The molecule has 2 N–H and O–H groups in total. The number of halogens is 1. The van der Waals surface area contributed by atoms with E-state index >= 15 is 0 Å². The SMILES string of the molecule is CCC(=O)c1c(-c2ccc(F)cc2)oc2cc(N(CC)CC)c(-c3cccc(C(=O)N[C@H]4CCC[C@H]4C(=O)O)c3)cc12. The summed E-state index contributed by atoms with van der Waals surface area (Å²) in [5, 5.41) is 13.1. The number of aliphatic carboxylic acids is 1. The van der Waals surface area contributed by atoms with E-state index in [0.29, 0.717) is 46.3 Å². The van der Waals surface area contributed by atoms with E-state index in [1.807, 2.05) is 18.2 Å². The molecule has 1 aromatic heterocycles. The largest absolute Gasteiger partial charge is 0.481 e. The molecule has 0 unspecified atom stereocenters. The predicted molar refractivity (Wildman–Crippen MR) is 161 cm³/mol. The summed E-state index contributed by atoms with van der Waals surface area (Å²) < 4.78 is 20.0. The molecule has 7 nitrogen and oxygen atoms in total. The fourth-order valence-corrected chi connectivity index (χ4v) is 5.96. The number of nitrogens with zero attached hydrogens (tertiary/aromatic N) is 1. The van der Waals surface area contributed by atoms with Crippen LogP contribution in [0.1, 0.15) is 67.2 Å². The van der Waals surface area contributed by atoms with Crippen molar-refractivity contribution in [3.05, 3.63) is 77.6 Å². The minimum atomic E-state index is -0.888. The Hall–Kier alpha value is -4.46. The zero-order valence-corrected chi connectivity index (χ0v) is 24.1. The molecule has 218 valence electrons. The van der Waals surface area contributed by atoms with Crippen LogP contribution in [0.15, 0.2) is 65.1 Å². The summed E-state index contributed by atoms with van der Waals surface area (Å²) >= 11 is 0. The molecule has 4 aromatic rings. The summed E-state index contributed by atoms with van der Waals surface area (Å²) in [6.07, 6.45) is 2.22. The van der Waals surface area contributed by atoms with Crippen LogP contribution >= 0.6 is 0 Å². The van der Waals surface area contributed by atoms with Crippen LogP contribution in [0.3, 0.4) is 0 Å². The van der Waals surface area contributed by atoms with Gasteiger partial charge in [-0.15, -0.1) is 0 Å². The molecule has 1 heterocycles.